The Labute approximate surface area is 119 Å². The monoisotopic (exact) mass is 278 g/mol. The molecule has 0 heterocycles. The minimum absolute atomic E-state index is 0.354. The van der Waals surface area contributed by atoms with Crippen LogP contribution in [0.2, 0.25) is 0 Å². The zero-order valence-electron chi connectivity index (χ0n) is 12.4. The number of benzene rings is 1. The lowest BCUT2D eigenvalue weighted by molar-refractivity contribution is -0.148. The quantitative estimate of drug-likeness (QED) is 0.736. The number of hydrogen-bond donors (Lipinski definition) is 3. The van der Waals surface area contributed by atoms with E-state index in [1.165, 1.54) is 6.92 Å². The highest BCUT2D eigenvalue weighted by Crippen LogP contribution is 2.22. The number of rotatable bonds is 6. The van der Waals surface area contributed by atoms with Crippen molar-refractivity contribution in [3.05, 3.63) is 35.9 Å². The Kier molecular flexibility index (Phi) is 4.89. The number of carboxylic acids is 1. The third-order valence-corrected chi connectivity index (χ3v) is 3.33. The largest absolute Gasteiger partial charge is 0.479 e. The smallest absolute Gasteiger partial charge is 0.333 e. The maximum Gasteiger partial charge on any atom is 0.333 e. The first-order valence-corrected chi connectivity index (χ1v) is 6.60. The number of aliphatic carboxylic acids is 1. The standard InChI is InChI=1S/C15H22N2O3/c1-5-16-14(2,3)12(18)17-15(4,13(19)20)11-9-7-6-8-10-11/h6-10,16H,5H2,1-4H3,(H,17,18)(H,19,20). The van der Waals surface area contributed by atoms with Crippen LogP contribution in [0.5, 0.6) is 0 Å². The fraction of sp³-hybridized carbons (Fsp3) is 0.467. The Hall–Kier alpha value is -1.88. The topological polar surface area (TPSA) is 78.4 Å². The first-order chi connectivity index (χ1) is 9.24. The zero-order valence-corrected chi connectivity index (χ0v) is 12.4. The van der Waals surface area contributed by atoms with Gasteiger partial charge < -0.3 is 15.7 Å². The van der Waals surface area contributed by atoms with Gasteiger partial charge in [0.25, 0.3) is 0 Å². The summed E-state index contributed by atoms with van der Waals surface area (Å²) in [5, 5.41) is 15.2. The SMILES string of the molecule is CCNC(C)(C)C(=O)NC(C)(C(=O)O)c1ccccc1. The Morgan fingerprint density at radius 1 is 1.15 bits per heavy atom. The first kappa shape index (κ1) is 16.2. The van der Waals surface area contributed by atoms with E-state index in [2.05, 4.69) is 10.6 Å². The minimum atomic E-state index is -1.45. The molecule has 1 rings (SSSR count). The number of amides is 1. The van der Waals surface area contributed by atoms with Crippen molar-refractivity contribution in [2.75, 3.05) is 6.54 Å². The van der Waals surface area contributed by atoms with Crippen molar-refractivity contribution in [1.82, 2.24) is 10.6 Å². The third-order valence-electron chi connectivity index (χ3n) is 3.33. The van der Waals surface area contributed by atoms with E-state index in [1.807, 2.05) is 6.92 Å². The van der Waals surface area contributed by atoms with Crippen LogP contribution in [0.4, 0.5) is 0 Å². The zero-order chi connectivity index (χ0) is 15.4. The van der Waals surface area contributed by atoms with Gasteiger partial charge in [0.05, 0.1) is 5.54 Å². The van der Waals surface area contributed by atoms with E-state index in [-0.39, 0.29) is 5.91 Å². The van der Waals surface area contributed by atoms with E-state index in [0.29, 0.717) is 12.1 Å². The van der Waals surface area contributed by atoms with Gasteiger partial charge in [-0.05, 0) is 32.9 Å². The highest BCUT2D eigenvalue weighted by Gasteiger charge is 2.40. The molecule has 0 aliphatic heterocycles. The molecule has 0 aliphatic rings. The third kappa shape index (κ3) is 3.36. The van der Waals surface area contributed by atoms with E-state index in [4.69, 9.17) is 0 Å². The molecule has 5 nitrogen and oxygen atoms in total. The maximum absolute atomic E-state index is 12.3. The molecule has 0 saturated carbocycles. The summed E-state index contributed by atoms with van der Waals surface area (Å²) >= 11 is 0. The van der Waals surface area contributed by atoms with E-state index in [9.17, 15) is 14.7 Å². The van der Waals surface area contributed by atoms with Gasteiger partial charge in [-0.3, -0.25) is 4.79 Å². The summed E-state index contributed by atoms with van der Waals surface area (Å²) in [6.07, 6.45) is 0. The Bertz CT molecular complexity index is 485. The maximum atomic E-state index is 12.3. The number of nitrogens with one attached hydrogen (secondary N) is 2. The van der Waals surface area contributed by atoms with Crippen LogP contribution >= 0.6 is 0 Å². The van der Waals surface area contributed by atoms with Crippen LogP contribution in [0.15, 0.2) is 30.3 Å². The highest BCUT2D eigenvalue weighted by atomic mass is 16.4. The van der Waals surface area contributed by atoms with Crippen molar-refractivity contribution in [1.29, 1.82) is 0 Å². The number of hydrogen-bond acceptors (Lipinski definition) is 3. The van der Waals surface area contributed by atoms with Crippen LogP contribution < -0.4 is 10.6 Å². The number of likely N-dealkylation sites (N-methyl/N-ethyl adjacent to an activating group) is 1. The fourth-order valence-electron chi connectivity index (χ4n) is 1.93. The fourth-order valence-corrected chi connectivity index (χ4v) is 1.93. The summed E-state index contributed by atoms with van der Waals surface area (Å²) in [6, 6.07) is 8.68. The highest BCUT2D eigenvalue weighted by molar-refractivity contribution is 5.92. The average Bonchev–Trinajstić information content (AvgIpc) is 2.39. The van der Waals surface area contributed by atoms with Crippen molar-refractivity contribution in [2.24, 2.45) is 0 Å². The summed E-state index contributed by atoms with van der Waals surface area (Å²) in [6.45, 7) is 7.45. The van der Waals surface area contributed by atoms with Crippen LogP contribution in [0.25, 0.3) is 0 Å². The summed E-state index contributed by atoms with van der Waals surface area (Å²) in [7, 11) is 0. The van der Waals surface area contributed by atoms with Gasteiger partial charge in [-0.1, -0.05) is 37.3 Å². The molecule has 0 spiro atoms. The lowest BCUT2D eigenvalue weighted by atomic mass is 9.90. The lowest BCUT2D eigenvalue weighted by Gasteiger charge is -2.32. The Morgan fingerprint density at radius 3 is 2.15 bits per heavy atom. The summed E-state index contributed by atoms with van der Waals surface area (Å²) < 4.78 is 0. The van der Waals surface area contributed by atoms with Gasteiger partial charge >= 0.3 is 5.97 Å². The average molecular weight is 278 g/mol. The molecular formula is C15H22N2O3. The first-order valence-electron chi connectivity index (χ1n) is 6.60. The molecule has 0 saturated heterocycles. The number of carboxylic acid groups (broad SMARTS) is 1. The normalized spacial score (nSPS) is 14.4. The molecule has 0 bridgehead atoms. The molecular weight excluding hydrogens is 256 g/mol. The molecule has 0 fully saturated rings. The van der Waals surface area contributed by atoms with Crippen LogP contribution in [0.1, 0.15) is 33.3 Å². The van der Waals surface area contributed by atoms with Crippen molar-refractivity contribution in [3.63, 3.8) is 0 Å². The van der Waals surface area contributed by atoms with E-state index >= 15 is 0 Å². The second-order valence-electron chi connectivity index (χ2n) is 5.41. The molecule has 5 heteroatoms. The second kappa shape index (κ2) is 6.05. The molecule has 110 valence electrons. The number of carbonyl (C=O) groups is 2. The van der Waals surface area contributed by atoms with Gasteiger partial charge in [0.2, 0.25) is 5.91 Å². The molecule has 0 aliphatic carbocycles. The van der Waals surface area contributed by atoms with Crippen LogP contribution in [0, 0.1) is 0 Å². The van der Waals surface area contributed by atoms with Gasteiger partial charge in [0.15, 0.2) is 5.54 Å². The predicted molar refractivity (Wildman–Crippen MR) is 77.3 cm³/mol. The van der Waals surface area contributed by atoms with Crippen LogP contribution in [-0.4, -0.2) is 29.1 Å². The van der Waals surface area contributed by atoms with Gasteiger partial charge in [-0.25, -0.2) is 4.79 Å². The van der Waals surface area contributed by atoms with Crippen molar-refractivity contribution in [2.45, 2.75) is 38.8 Å². The van der Waals surface area contributed by atoms with Gasteiger partial charge in [0, 0.05) is 0 Å². The summed E-state index contributed by atoms with van der Waals surface area (Å²) in [5.41, 5.74) is -1.75. The predicted octanol–water partition coefficient (Wildman–Crippen LogP) is 1.49. The van der Waals surface area contributed by atoms with Crippen molar-refractivity contribution < 1.29 is 14.7 Å². The lowest BCUT2D eigenvalue weighted by Crippen LogP contribution is -2.59. The van der Waals surface area contributed by atoms with E-state index in [0.717, 1.165) is 0 Å². The van der Waals surface area contributed by atoms with Gasteiger partial charge in [-0.15, -0.1) is 0 Å². The minimum Gasteiger partial charge on any atom is -0.479 e. The molecule has 3 N–H and O–H groups in total. The molecule has 0 radical (unpaired) electrons. The molecule has 1 amide bonds. The van der Waals surface area contributed by atoms with Gasteiger partial charge in [0.1, 0.15) is 0 Å². The Morgan fingerprint density at radius 2 is 1.70 bits per heavy atom. The summed E-state index contributed by atoms with van der Waals surface area (Å²) in [5.74, 6) is -1.45. The van der Waals surface area contributed by atoms with Crippen LogP contribution in [-0.2, 0) is 15.1 Å². The van der Waals surface area contributed by atoms with Crippen LogP contribution in [0.3, 0.4) is 0 Å². The van der Waals surface area contributed by atoms with Crippen molar-refractivity contribution >= 4 is 11.9 Å². The molecule has 1 unspecified atom stereocenters. The molecule has 1 atom stereocenters. The van der Waals surface area contributed by atoms with E-state index in [1.54, 1.807) is 44.2 Å². The molecule has 0 aromatic heterocycles. The Balaban J connectivity index is 3.06. The van der Waals surface area contributed by atoms with Gasteiger partial charge in [-0.2, -0.15) is 0 Å². The number of carbonyl (C=O) groups excluding carboxylic acids is 1. The van der Waals surface area contributed by atoms with E-state index < -0.39 is 17.0 Å². The van der Waals surface area contributed by atoms with Crippen molar-refractivity contribution in [3.8, 4) is 0 Å². The molecule has 1 aromatic rings. The molecule has 1 aromatic carbocycles. The molecule has 20 heavy (non-hydrogen) atoms. The second-order valence-corrected chi connectivity index (χ2v) is 5.41. The summed E-state index contributed by atoms with van der Waals surface area (Å²) in [4.78, 5) is 23.9.